The fraction of sp³-hybridized carbons (Fsp3) is 0.235. The molecule has 0 aliphatic rings. The molecule has 1 amide bonds. The predicted molar refractivity (Wildman–Crippen MR) is 89.8 cm³/mol. The van der Waals surface area contributed by atoms with Crippen LogP contribution in [0.1, 0.15) is 22.8 Å². The van der Waals surface area contributed by atoms with E-state index in [1.165, 1.54) is 0 Å². The third-order valence-electron chi connectivity index (χ3n) is 3.41. The maximum absolute atomic E-state index is 11.9. The second kappa shape index (κ2) is 7.59. The number of hydroxylamine groups is 1. The van der Waals surface area contributed by atoms with E-state index in [4.69, 9.17) is 4.84 Å². The van der Waals surface area contributed by atoms with Gasteiger partial charge in [0, 0.05) is 11.5 Å². The van der Waals surface area contributed by atoms with Crippen molar-refractivity contribution in [2.75, 3.05) is 0 Å². The number of halogens is 1. The molecular weight excluding hydrogens is 362 g/mol. The fourth-order valence-electron chi connectivity index (χ4n) is 1.98. The minimum Gasteiger partial charge on any atom is -0.508 e. The molecule has 2 atom stereocenters. The number of aliphatic hydroxyl groups is 1. The molecule has 23 heavy (non-hydrogen) atoms. The summed E-state index contributed by atoms with van der Waals surface area (Å²) in [6, 6.07) is 15.2. The first-order chi connectivity index (χ1) is 10.9. The average Bonchev–Trinajstić information content (AvgIpc) is 2.55. The number of hydrogen-bond donors (Lipinski definition) is 3. The van der Waals surface area contributed by atoms with Crippen LogP contribution in [0.3, 0.4) is 0 Å². The van der Waals surface area contributed by atoms with E-state index in [9.17, 15) is 15.0 Å². The van der Waals surface area contributed by atoms with Gasteiger partial charge in [0.1, 0.15) is 5.75 Å². The van der Waals surface area contributed by atoms with E-state index in [2.05, 4.69) is 21.4 Å². The standard InChI is InChI=1S/C17H18BrNO4/c1-12(11-13-7-9-15(20)10-8-13)17(18,22)23-19-16(21)14-5-3-2-4-6-14/h2-10,12,20,22H,11H2,1H3,(H,19,21). The monoisotopic (exact) mass is 379 g/mol. The van der Waals surface area contributed by atoms with Gasteiger partial charge in [-0.25, -0.2) is 10.3 Å². The summed E-state index contributed by atoms with van der Waals surface area (Å²) in [5, 5.41) is 19.6. The van der Waals surface area contributed by atoms with Gasteiger partial charge >= 0.3 is 0 Å². The molecule has 0 aromatic heterocycles. The molecule has 2 rings (SSSR count). The van der Waals surface area contributed by atoms with Crippen molar-refractivity contribution in [2.45, 2.75) is 18.0 Å². The van der Waals surface area contributed by atoms with E-state index < -0.39 is 10.6 Å². The normalized spacial score (nSPS) is 14.7. The van der Waals surface area contributed by atoms with Crippen molar-refractivity contribution in [1.29, 1.82) is 0 Å². The molecule has 0 radical (unpaired) electrons. The molecule has 0 saturated carbocycles. The highest BCUT2D eigenvalue weighted by Crippen LogP contribution is 2.28. The summed E-state index contributed by atoms with van der Waals surface area (Å²) >= 11 is 3.09. The first kappa shape index (κ1) is 17.5. The average molecular weight is 380 g/mol. The van der Waals surface area contributed by atoms with Gasteiger partial charge < -0.3 is 10.2 Å². The maximum Gasteiger partial charge on any atom is 0.274 e. The Morgan fingerprint density at radius 2 is 1.83 bits per heavy atom. The fourth-order valence-corrected chi connectivity index (χ4v) is 2.22. The SMILES string of the molecule is CC(Cc1ccc(O)cc1)C(O)(Br)ONC(=O)c1ccccc1. The Morgan fingerprint density at radius 3 is 2.43 bits per heavy atom. The van der Waals surface area contributed by atoms with Crippen molar-refractivity contribution in [3.63, 3.8) is 0 Å². The molecule has 122 valence electrons. The maximum atomic E-state index is 11.9. The molecule has 0 heterocycles. The van der Waals surface area contributed by atoms with Gasteiger partial charge in [0.05, 0.1) is 0 Å². The van der Waals surface area contributed by atoms with Crippen LogP contribution in [0.5, 0.6) is 5.75 Å². The van der Waals surface area contributed by atoms with Crippen LogP contribution in [0.15, 0.2) is 54.6 Å². The van der Waals surface area contributed by atoms with Crippen LogP contribution in [0.2, 0.25) is 0 Å². The topological polar surface area (TPSA) is 78.8 Å². The zero-order valence-corrected chi connectivity index (χ0v) is 14.2. The van der Waals surface area contributed by atoms with Gasteiger partial charge in [0.15, 0.2) is 0 Å². The number of amides is 1. The summed E-state index contributed by atoms with van der Waals surface area (Å²) < 4.78 is -1.71. The molecule has 5 nitrogen and oxygen atoms in total. The van der Waals surface area contributed by atoms with Crippen LogP contribution in [0, 0.1) is 5.92 Å². The number of alkyl halides is 1. The molecule has 0 fully saturated rings. The van der Waals surface area contributed by atoms with Gasteiger partial charge in [0.2, 0.25) is 0 Å². The lowest BCUT2D eigenvalue weighted by Gasteiger charge is -2.27. The van der Waals surface area contributed by atoms with E-state index in [1.54, 1.807) is 61.5 Å². The van der Waals surface area contributed by atoms with Crippen LogP contribution in [-0.2, 0) is 11.3 Å². The minimum absolute atomic E-state index is 0.182. The third kappa shape index (κ3) is 5.06. The van der Waals surface area contributed by atoms with E-state index in [0.29, 0.717) is 12.0 Å². The predicted octanol–water partition coefficient (Wildman–Crippen LogP) is 2.97. The number of aromatic hydroxyl groups is 1. The Hall–Kier alpha value is -1.89. The molecule has 2 aromatic carbocycles. The van der Waals surface area contributed by atoms with Crippen molar-refractivity contribution < 1.29 is 19.8 Å². The zero-order chi connectivity index (χ0) is 16.9. The van der Waals surface area contributed by atoms with Crippen molar-refractivity contribution in [3.8, 4) is 5.75 Å². The molecule has 0 spiro atoms. The summed E-state index contributed by atoms with van der Waals surface area (Å²) in [7, 11) is 0. The highest BCUT2D eigenvalue weighted by molar-refractivity contribution is 9.10. The lowest BCUT2D eigenvalue weighted by Crippen LogP contribution is -2.41. The van der Waals surface area contributed by atoms with Crippen LogP contribution in [-0.4, -0.2) is 20.8 Å². The van der Waals surface area contributed by atoms with Gasteiger partial charge in [-0.05, 0) is 52.2 Å². The first-order valence-corrected chi connectivity index (χ1v) is 7.90. The molecule has 0 aliphatic heterocycles. The van der Waals surface area contributed by atoms with E-state index in [1.807, 2.05) is 0 Å². The van der Waals surface area contributed by atoms with Crippen LogP contribution in [0.25, 0.3) is 0 Å². The van der Waals surface area contributed by atoms with E-state index >= 15 is 0 Å². The number of nitrogens with one attached hydrogen (secondary N) is 1. The van der Waals surface area contributed by atoms with Crippen molar-refractivity contribution in [3.05, 3.63) is 65.7 Å². The second-order valence-corrected chi connectivity index (χ2v) is 6.42. The number of phenolic OH excluding ortho intramolecular Hbond substituents is 1. The zero-order valence-electron chi connectivity index (χ0n) is 12.6. The number of phenols is 1. The van der Waals surface area contributed by atoms with Gasteiger partial charge in [-0.15, -0.1) is 0 Å². The molecule has 2 unspecified atom stereocenters. The van der Waals surface area contributed by atoms with E-state index in [0.717, 1.165) is 5.56 Å². The highest BCUT2D eigenvalue weighted by Gasteiger charge is 2.33. The van der Waals surface area contributed by atoms with E-state index in [-0.39, 0.29) is 11.7 Å². The van der Waals surface area contributed by atoms with Gasteiger partial charge in [-0.3, -0.25) is 4.79 Å². The summed E-state index contributed by atoms with van der Waals surface area (Å²) in [6.07, 6.45) is 0.489. The summed E-state index contributed by atoms with van der Waals surface area (Å²) in [5.74, 6) is -0.620. The molecule has 3 N–H and O–H groups in total. The minimum atomic E-state index is -1.71. The summed E-state index contributed by atoms with van der Waals surface area (Å²) in [6.45, 7) is 1.77. The van der Waals surface area contributed by atoms with Gasteiger partial charge in [-0.1, -0.05) is 37.3 Å². The lowest BCUT2D eigenvalue weighted by atomic mass is 10.0. The number of carbonyl (C=O) groups excluding carboxylic acids is 1. The Kier molecular flexibility index (Phi) is 5.76. The molecule has 0 bridgehead atoms. The second-order valence-electron chi connectivity index (χ2n) is 5.28. The lowest BCUT2D eigenvalue weighted by molar-refractivity contribution is -0.184. The molecular formula is C17H18BrNO4. The Morgan fingerprint density at radius 1 is 1.22 bits per heavy atom. The van der Waals surface area contributed by atoms with Crippen molar-refractivity contribution in [2.24, 2.45) is 5.92 Å². The summed E-state index contributed by atoms with van der Waals surface area (Å²) in [5.41, 5.74) is 3.59. The molecule has 0 aliphatic carbocycles. The smallest absolute Gasteiger partial charge is 0.274 e. The number of rotatable bonds is 6. The van der Waals surface area contributed by atoms with Crippen LogP contribution < -0.4 is 5.48 Å². The molecule has 0 saturated heterocycles. The van der Waals surface area contributed by atoms with Crippen LogP contribution >= 0.6 is 15.9 Å². The molecule has 2 aromatic rings. The quantitative estimate of drug-likeness (QED) is 0.409. The Bertz CT molecular complexity index is 643. The van der Waals surface area contributed by atoms with Crippen molar-refractivity contribution >= 4 is 21.8 Å². The van der Waals surface area contributed by atoms with Crippen LogP contribution in [0.4, 0.5) is 0 Å². The molecule has 6 heteroatoms. The Balaban J connectivity index is 1.92. The number of carbonyl (C=O) groups is 1. The largest absolute Gasteiger partial charge is 0.508 e. The number of benzene rings is 2. The summed E-state index contributed by atoms with van der Waals surface area (Å²) in [4.78, 5) is 17.0. The highest BCUT2D eigenvalue weighted by atomic mass is 79.9. The van der Waals surface area contributed by atoms with Crippen molar-refractivity contribution in [1.82, 2.24) is 5.48 Å². The van der Waals surface area contributed by atoms with Gasteiger partial charge in [-0.2, -0.15) is 0 Å². The number of hydrogen-bond acceptors (Lipinski definition) is 4. The Labute approximate surface area is 143 Å². The first-order valence-electron chi connectivity index (χ1n) is 7.11. The third-order valence-corrected chi connectivity index (χ3v) is 4.35. The van der Waals surface area contributed by atoms with Gasteiger partial charge in [0.25, 0.3) is 10.6 Å².